The Balaban J connectivity index is 1.51. The van der Waals surface area contributed by atoms with Crippen LogP contribution >= 0.6 is 11.8 Å². The molecule has 0 bridgehead atoms. The molecule has 0 amide bonds. The van der Waals surface area contributed by atoms with Gasteiger partial charge in [0, 0.05) is 5.75 Å². The summed E-state index contributed by atoms with van der Waals surface area (Å²) in [5.74, 6) is 1.99. The Morgan fingerprint density at radius 2 is 1.96 bits per heavy atom. The number of ether oxygens (including phenoxy) is 1. The van der Waals surface area contributed by atoms with Crippen molar-refractivity contribution in [1.82, 2.24) is 19.5 Å². The zero-order chi connectivity index (χ0) is 19.7. The van der Waals surface area contributed by atoms with Gasteiger partial charge in [-0.1, -0.05) is 43.9 Å². The predicted molar refractivity (Wildman–Crippen MR) is 105 cm³/mol. The molecule has 1 aliphatic heterocycles. The molecule has 2 aromatic heterocycles. The number of hydrogen-bond donors (Lipinski definition) is 4. The molecule has 10 heteroatoms. The molecule has 0 aromatic carbocycles. The molecule has 154 valence electrons. The zero-order valence-electron chi connectivity index (χ0n) is 15.6. The van der Waals surface area contributed by atoms with Gasteiger partial charge in [-0.05, 0) is 12.3 Å². The maximum Gasteiger partial charge on any atom is 0.191 e. The van der Waals surface area contributed by atoms with Crippen molar-refractivity contribution in [3.05, 3.63) is 6.33 Å². The second kappa shape index (κ2) is 8.50. The van der Waals surface area contributed by atoms with E-state index < -0.39 is 24.5 Å². The summed E-state index contributed by atoms with van der Waals surface area (Å²) >= 11 is 1.57. The maximum atomic E-state index is 10.3. The van der Waals surface area contributed by atoms with Gasteiger partial charge in [0.1, 0.15) is 23.8 Å². The highest BCUT2D eigenvalue weighted by Gasteiger charge is 2.44. The lowest BCUT2D eigenvalue weighted by molar-refractivity contribution is -0.0511. The Morgan fingerprint density at radius 1 is 1.18 bits per heavy atom. The molecule has 1 saturated heterocycles. The summed E-state index contributed by atoms with van der Waals surface area (Å²) in [5.41, 5.74) is 6.94. The standard InChI is InChI=1S/C18H27N5O4S/c19-15-12-16(22-18(21-15)28-7-6-10-4-2-1-3-5-10)23(9-20-12)17-14(26)13(25)11(8-24)27-17/h9-11,13-14,17,24-26H,1-8H2,(H2,19,21,22)/t11-,13?,14?,17-/m1/s1. The molecule has 5 N–H and O–H groups in total. The summed E-state index contributed by atoms with van der Waals surface area (Å²) in [6, 6.07) is 0. The molecule has 4 rings (SSSR count). The monoisotopic (exact) mass is 409 g/mol. The molecule has 2 unspecified atom stereocenters. The molecule has 3 heterocycles. The SMILES string of the molecule is Nc1nc(SCCC2CCCCC2)nc2c1ncn2[C@@H]1O[C@H](CO)C(O)C1O. The summed E-state index contributed by atoms with van der Waals surface area (Å²) in [7, 11) is 0. The molecule has 2 aromatic rings. The van der Waals surface area contributed by atoms with Crippen LogP contribution in [0.4, 0.5) is 5.82 Å². The van der Waals surface area contributed by atoms with Crippen LogP contribution in [-0.2, 0) is 4.74 Å². The number of nitrogens with zero attached hydrogens (tertiary/aromatic N) is 4. The quantitative estimate of drug-likeness (QED) is 0.407. The van der Waals surface area contributed by atoms with Crippen LogP contribution in [0.5, 0.6) is 0 Å². The van der Waals surface area contributed by atoms with Crippen molar-refractivity contribution in [2.75, 3.05) is 18.1 Å². The van der Waals surface area contributed by atoms with E-state index in [1.54, 1.807) is 16.3 Å². The first-order valence-corrected chi connectivity index (χ1v) is 10.8. The second-order valence-electron chi connectivity index (χ2n) is 7.59. The normalized spacial score (nSPS) is 29.0. The maximum absolute atomic E-state index is 10.3. The van der Waals surface area contributed by atoms with Gasteiger partial charge < -0.3 is 25.8 Å². The van der Waals surface area contributed by atoms with E-state index in [0.29, 0.717) is 16.3 Å². The van der Waals surface area contributed by atoms with Crippen molar-refractivity contribution < 1.29 is 20.1 Å². The Morgan fingerprint density at radius 3 is 2.68 bits per heavy atom. The first kappa shape index (κ1) is 19.8. The third-order valence-corrected chi connectivity index (χ3v) is 6.58. The summed E-state index contributed by atoms with van der Waals surface area (Å²) in [6.45, 7) is -0.388. The fraction of sp³-hybridized carbons (Fsp3) is 0.722. The van der Waals surface area contributed by atoms with Crippen LogP contribution in [0.3, 0.4) is 0 Å². The molecule has 1 saturated carbocycles. The number of fused-ring (bicyclic) bond motifs is 1. The van der Waals surface area contributed by atoms with Crippen molar-refractivity contribution in [3.8, 4) is 0 Å². The summed E-state index contributed by atoms with van der Waals surface area (Å²) in [6.07, 6.45) is 5.08. The van der Waals surface area contributed by atoms with E-state index in [2.05, 4.69) is 15.0 Å². The van der Waals surface area contributed by atoms with Gasteiger partial charge in [-0.2, -0.15) is 0 Å². The molecule has 2 fully saturated rings. The number of aromatic nitrogens is 4. The van der Waals surface area contributed by atoms with Gasteiger partial charge in [0.15, 0.2) is 22.8 Å². The predicted octanol–water partition coefficient (Wildman–Crippen LogP) is 1.08. The van der Waals surface area contributed by atoms with E-state index in [1.807, 2.05) is 0 Å². The van der Waals surface area contributed by atoms with Gasteiger partial charge in [-0.25, -0.2) is 15.0 Å². The van der Waals surface area contributed by atoms with Crippen LogP contribution < -0.4 is 5.73 Å². The number of aliphatic hydroxyl groups excluding tert-OH is 3. The van der Waals surface area contributed by atoms with Crippen LogP contribution in [0.15, 0.2) is 11.5 Å². The number of imidazole rings is 1. The van der Waals surface area contributed by atoms with Crippen molar-refractivity contribution in [2.45, 2.75) is 68.2 Å². The third-order valence-electron chi connectivity index (χ3n) is 5.70. The van der Waals surface area contributed by atoms with E-state index in [1.165, 1.54) is 38.4 Å². The highest BCUT2D eigenvalue weighted by atomic mass is 32.2. The fourth-order valence-electron chi connectivity index (χ4n) is 4.07. The van der Waals surface area contributed by atoms with E-state index >= 15 is 0 Å². The van der Waals surface area contributed by atoms with Crippen LogP contribution in [0.25, 0.3) is 11.2 Å². The van der Waals surface area contributed by atoms with Gasteiger partial charge in [0.05, 0.1) is 12.9 Å². The Hall–Kier alpha value is -1.46. The third kappa shape index (κ3) is 3.84. The number of hydrogen-bond acceptors (Lipinski definition) is 9. The van der Waals surface area contributed by atoms with E-state index in [-0.39, 0.29) is 12.4 Å². The molecular formula is C18H27N5O4S. The number of nitrogens with two attached hydrogens (primary N) is 1. The van der Waals surface area contributed by atoms with Crippen LogP contribution in [0.2, 0.25) is 0 Å². The lowest BCUT2D eigenvalue weighted by atomic mass is 9.88. The van der Waals surface area contributed by atoms with Gasteiger partial charge in [0.2, 0.25) is 0 Å². The first-order chi connectivity index (χ1) is 13.6. The molecular weight excluding hydrogens is 382 g/mol. The van der Waals surface area contributed by atoms with E-state index in [0.717, 1.165) is 18.1 Å². The van der Waals surface area contributed by atoms with Crippen molar-refractivity contribution in [1.29, 1.82) is 0 Å². The number of anilines is 1. The molecule has 0 spiro atoms. The zero-order valence-corrected chi connectivity index (χ0v) is 16.5. The topological polar surface area (TPSA) is 140 Å². The molecule has 0 radical (unpaired) electrons. The minimum Gasteiger partial charge on any atom is -0.394 e. The number of rotatable bonds is 6. The van der Waals surface area contributed by atoms with Gasteiger partial charge in [0.25, 0.3) is 0 Å². The van der Waals surface area contributed by atoms with Gasteiger partial charge >= 0.3 is 0 Å². The molecule has 4 atom stereocenters. The van der Waals surface area contributed by atoms with Crippen LogP contribution in [-0.4, -0.2) is 65.5 Å². The number of thioether (sulfide) groups is 1. The largest absolute Gasteiger partial charge is 0.394 e. The Labute approximate surface area is 167 Å². The first-order valence-electron chi connectivity index (χ1n) is 9.83. The minimum absolute atomic E-state index is 0.274. The molecule has 1 aliphatic carbocycles. The van der Waals surface area contributed by atoms with Gasteiger partial charge in [-0.15, -0.1) is 0 Å². The smallest absolute Gasteiger partial charge is 0.191 e. The lowest BCUT2D eigenvalue weighted by Gasteiger charge is -2.20. The molecule has 2 aliphatic rings. The highest BCUT2D eigenvalue weighted by molar-refractivity contribution is 7.99. The number of aliphatic hydroxyl groups is 3. The van der Waals surface area contributed by atoms with E-state index in [9.17, 15) is 15.3 Å². The average Bonchev–Trinajstić information content (AvgIpc) is 3.24. The summed E-state index contributed by atoms with van der Waals surface area (Å²) < 4.78 is 7.14. The fourth-order valence-corrected chi connectivity index (χ4v) is 5.02. The summed E-state index contributed by atoms with van der Waals surface area (Å²) in [4.78, 5) is 13.2. The van der Waals surface area contributed by atoms with Crippen molar-refractivity contribution in [3.63, 3.8) is 0 Å². The average molecular weight is 410 g/mol. The molecule has 9 nitrogen and oxygen atoms in total. The summed E-state index contributed by atoms with van der Waals surface area (Å²) in [5, 5.41) is 30.2. The minimum atomic E-state index is -1.20. The van der Waals surface area contributed by atoms with Crippen molar-refractivity contribution in [2.24, 2.45) is 5.92 Å². The lowest BCUT2D eigenvalue weighted by Crippen LogP contribution is -2.33. The Bertz CT molecular complexity index is 813. The van der Waals surface area contributed by atoms with Gasteiger partial charge in [-0.3, -0.25) is 4.57 Å². The van der Waals surface area contributed by atoms with E-state index in [4.69, 9.17) is 10.5 Å². The van der Waals surface area contributed by atoms with Crippen LogP contribution in [0, 0.1) is 5.92 Å². The molecule has 28 heavy (non-hydrogen) atoms. The van der Waals surface area contributed by atoms with Crippen LogP contribution in [0.1, 0.15) is 44.8 Å². The Kier molecular flexibility index (Phi) is 6.02. The van der Waals surface area contributed by atoms with Crippen molar-refractivity contribution >= 4 is 28.7 Å². The second-order valence-corrected chi connectivity index (χ2v) is 8.65. The number of nitrogen functional groups attached to an aromatic ring is 1. The highest BCUT2D eigenvalue weighted by Crippen LogP contribution is 2.33.